The standard InChI is InChI=1S/C6H10N2O3/c1-11-6(9)5-2-4(8-10)3-7-5/h4-5,7H,2-3H2,1H3/t4-,5-/m0/s1. The number of carbonyl (C=O) groups excluding carboxylic acids is 1. The van der Waals surface area contributed by atoms with E-state index in [9.17, 15) is 9.70 Å². The van der Waals surface area contributed by atoms with Crippen LogP contribution < -0.4 is 5.32 Å². The zero-order chi connectivity index (χ0) is 8.27. The van der Waals surface area contributed by atoms with Gasteiger partial charge in [-0.15, -0.1) is 0 Å². The van der Waals surface area contributed by atoms with E-state index in [-0.39, 0.29) is 18.1 Å². The second-order valence-corrected chi connectivity index (χ2v) is 2.48. The third kappa shape index (κ3) is 1.74. The Bertz CT molecular complexity index is 171. The van der Waals surface area contributed by atoms with Crippen LogP contribution >= 0.6 is 0 Å². The maximum Gasteiger partial charge on any atom is 0.322 e. The second kappa shape index (κ2) is 3.43. The summed E-state index contributed by atoms with van der Waals surface area (Å²) in [6, 6.07) is -0.623. The zero-order valence-corrected chi connectivity index (χ0v) is 6.24. The van der Waals surface area contributed by atoms with Crippen molar-refractivity contribution in [3.63, 3.8) is 0 Å². The lowest BCUT2D eigenvalue weighted by Gasteiger charge is -2.04. The van der Waals surface area contributed by atoms with Gasteiger partial charge in [-0.1, -0.05) is 5.18 Å². The van der Waals surface area contributed by atoms with Crippen LogP contribution in [0.2, 0.25) is 0 Å². The van der Waals surface area contributed by atoms with Gasteiger partial charge in [0.15, 0.2) is 0 Å². The highest BCUT2D eigenvalue weighted by atomic mass is 16.5. The Kier molecular flexibility index (Phi) is 2.53. The minimum absolute atomic E-state index is 0.279. The summed E-state index contributed by atoms with van der Waals surface area (Å²) in [5.74, 6) is -0.323. The lowest BCUT2D eigenvalue weighted by molar-refractivity contribution is -0.142. The summed E-state index contributed by atoms with van der Waals surface area (Å²) in [4.78, 5) is 20.9. The molecule has 5 nitrogen and oxygen atoms in total. The molecular formula is C6H10N2O3. The zero-order valence-electron chi connectivity index (χ0n) is 6.24. The molecule has 0 aliphatic carbocycles. The fourth-order valence-electron chi connectivity index (χ4n) is 1.12. The molecule has 2 atom stereocenters. The van der Waals surface area contributed by atoms with E-state index >= 15 is 0 Å². The van der Waals surface area contributed by atoms with E-state index in [2.05, 4.69) is 15.2 Å². The molecule has 0 saturated carbocycles. The number of nitrogens with zero attached hydrogens (tertiary/aromatic N) is 1. The van der Waals surface area contributed by atoms with E-state index in [4.69, 9.17) is 0 Å². The molecule has 1 rings (SSSR count). The van der Waals surface area contributed by atoms with Crippen LogP contribution in [0.15, 0.2) is 5.18 Å². The van der Waals surface area contributed by atoms with Gasteiger partial charge in [0.2, 0.25) is 0 Å². The minimum Gasteiger partial charge on any atom is -0.468 e. The number of nitrogens with one attached hydrogen (secondary N) is 1. The summed E-state index contributed by atoms with van der Waals surface area (Å²) >= 11 is 0. The predicted molar refractivity (Wildman–Crippen MR) is 38.0 cm³/mol. The fourth-order valence-corrected chi connectivity index (χ4v) is 1.12. The summed E-state index contributed by atoms with van der Waals surface area (Å²) in [5, 5.41) is 5.67. The van der Waals surface area contributed by atoms with Crippen molar-refractivity contribution in [1.82, 2.24) is 5.32 Å². The first-order valence-corrected chi connectivity index (χ1v) is 3.41. The molecule has 0 aromatic heterocycles. The first-order valence-electron chi connectivity index (χ1n) is 3.41. The van der Waals surface area contributed by atoms with Crippen LogP contribution in [0, 0.1) is 4.91 Å². The Morgan fingerprint density at radius 3 is 2.91 bits per heavy atom. The summed E-state index contributed by atoms with van der Waals surface area (Å²) in [7, 11) is 1.33. The molecule has 1 heterocycles. The van der Waals surface area contributed by atoms with E-state index < -0.39 is 0 Å². The Morgan fingerprint density at radius 2 is 2.45 bits per heavy atom. The topological polar surface area (TPSA) is 67.8 Å². The molecule has 1 N–H and O–H groups in total. The van der Waals surface area contributed by atoms with E-state index in [1.54, 1.807) is 0 Å². The third-order valence-electron chi connectivity index (χ3n) is 1.74. The highest BCUT2D eigenvalue weighted by Gasteiger charge is 2.30. The molecule has 0 aromatic rings. The van der Waals surface area contributed by atoms with Crippen molar-refractivity contribution < 1.29 is 9.53 Å². The number of carbonyl (C=O) groups is 1. The molecule has 62 valence electrons. The van der Waals surface area contributed by atoms with Crippen molar-refractivity contribution in [3.8, 4) is 0 Å². The Balaban J connectivity index is 2.41. The molecule has 0 bridgehead atoms. The number of ether oxygens (including phenoxy) is 1. The van der Waals surface area contributed by atoms with Crippen LogP contribution in [-0.2, 0) is 9.53 Å². The largest absolute Gasteiger partial charge is 0.468 e. The van der Waals surface area contributed by atoms with Gasteiger partial charge in [0, 0.05) is 13.0 Å². The van der Waals surface area contributed by atoms with Crippen LogP contribution in [0.1, 0.15) is 6.42 Å². The summed E-state index contributed by atoms with van der Waals surface area (Å²) in [6.07, 6.45) is 0.455. The van der Waals surface area contributed by atoms with Crippen LogP contribution in [0.3, 0.4) is 0 Å². The van der Waals surface area contributed by atoms with E-state index in [0.717, 1.165) is 0 Å². The van der Waals surface area contributed by atoms with Gasteiger partial charge in [0.05, 0.1) is 7.11 Å². The van der Waals surface area contributed by atoms with E-state index in [1.807, 2.05) is 0 Å². The molecule has 1 aliphatic rings. The van der Waals surface area contributed by atoms with Gasteiger partial charge in [0.1, 0.15) is 12.1 Å². The van der Waals surface area contributed by atoms with Crippen molar-refractivity contribution in [2.24, 2.45) is 5.18 Å². The molecule has 11 heavy (non-hydrogen) atoms. The average molecular weight is 158 g/mol. The van der Waals surface area contributed by atoms with Crippen LogP contribution in [0.25, 0.3) is 0 Å². The Labute approximate surface area is 64.1 Å². The number of hydrogen-bond acceptors (Lipinski definition) is 5. The van der Waals surface area contributed by atoms with Crippen molar-refractivity contribution in [2.45, 2.75) is 18.5 Å². The molecule has 1 saturated heterocycles. The third-order valence-corrected chi connectivity index (χ3v) is 1.74. The van der Waals surface area contributed by atoms with Gasteiger partial charge < -0.3 is 10.1 Å². The molecule has 0 amide bonds. The highest BCUT2D eigenvalue weighted by molar-refractivity contribution is 5.76. The van der Waals surface area contributed by atoms with Gasteiger partial charge in [-0.05, 0) is 0 Å². The monoisotopic (exact) mass is 158 g/mol. The summed E-state index contributed by atoms with van der Waals surface area (Å²) < 4.78 is 4.48. The van der Waals surface area contributed by atoms with Gasteiger partial charge in [0.25, 0.3) is 0 Å². The lowest BCUT2D eigenvalue weighted by Crippen LogP contribution is -2.31. The number of hydrogen-bond donors (Lipinski definition) is 1. The fraction of sp³-hybridized carbons (Fsp3) is 0.833. The highest BCUT2D eigenvalue weighted by Crippen LogP contribution is 2.10. The molecular weight excluding hydrogens is 148 g/mol. The maximum absolute atomic E-state index is 10.8. The smallest absolute Gasteiger partial charge is 0.322 e. The number of methoxy groups -OCH3 is 1. The predicted octanol–water partition coefficient (Wildman–Crippen LogP) is -0.344. The normalized spacial score (nSPS) is 29.9. The van der Waals surface area contributed by atoms with Gasteiger partial charge in [-0.3, -0.25) is 4.79 Å². The number of rotatable bonds is 2. The molecule has 1 aliphatic heterocycles. The number of nitroso groups, excluding NO2 is 1. The second-order valence-electron chi connectivity index (χ2n) is 2.48. The van der Waals surface area contributed by atoms with E-state index in [0.29, 0.717) is 13.0 Å². The average Bonchev–Trinajstić information content (AvgIpc) is 2.50. The molecule has 0 spiro atoms. The van der Waals surface area contributed by atoms with E-state index in [1.165, 1.54) is 7.11 Å². The Hall–Kier alpha value is -0.970. The van der Waals surface area contributed by atoms with Gasteiger partial charge in [-0.2, -0.15) is 4.91 Å². The Morgan fingerprint density at radius 1 is 1.73 bits per heavy atom. The minimum atomic E-state index is -0.345. The summed E-state index contributed by atoms with van der Waals surface area (Å²) in [6.45, 7) is 0.475. The molecule has 0 unspecified atom stereocenters. The first-order chi connectivity index (χ1) is 5.27. The van der Waals surface area contributed by atoms with Gasteiger partial charge >= 0.3 is 5.97 Å². The maximum atomic E-state index is 10.8. The lowest BCUT2D eigenvalue weighted by atomic mass is 10.2. The SMILES string of the molecule is COC(=O)[C@@H]1C[C@H](N=O)CN1. The van der Waals surface area contributed by atoms with Crippen molar-refractivity contribution in [1.29, 1.82) is 0 Å². The van der Waals surface area contributed by atoms with Crippen LogP contribution in [-0.4, -0.2) is 31.7 Å². The van der Waals surface area contributed by atoms with Crippen molar-refractivity contribution in [3.05, 3.63) is 4.91 Å². The first kappa shape index (κ1) is 8.13. The summed E-state index contributed by atoms with van der Waals surface area (Å²) in [5.41, 5.74) is 0. The van der Waals surface area contributed by atoms with Crippen molar-refractivity contribution >= 4 is 5.97 Å². The molecule has 0 aromatic carbocycles. The molecule has 1 fully saturated rings. The molecule has 0 radical (unpaired) electrons. The van der Waals surface area contributed by atoms with Crippen LogP contribution in [0.5, 0.6) is 0 Å². The quantitative estimate of drug-likeness (QED) is 0.441. The molecule has 5 heteroatoms. The van der Waals surface area contributed by atoms with Crippen molar-refractivity contribution in [2.75, 3.05) is 13.7 Å². The van der Waals surface area contributed by atoms with Crippen LogP contribution in [0.4, 0.5) is 0 Å². The number of esters is 1. The van der Waals surface area contributed by atoms with Gasteiger partial charge in [-0.25, -0.2) is 0 Å².